The average molecular weight is 353 g/mol. The number of hydrogen-bond donors (Lipinski definition) is 0. The summed E-state index contributed by atoms with van der Waals surface area (Å²) < 4.78 is 11.8. The molecule has 26 heavy (non-hydrogen) atoms. The highest BCUT2D eigenvalue weighted by molar-refractivity contribution is 5.94. The highest BCUT2D eigenvalue weighted by atomic mass is 16.6. The second kappa shape index (κ2) is 6.62. The first-order valence-corrected chi connectivity index (χ1v) is 8.47. The van der Waals surface area contributed by atoms with E-state index in [4.69, 9.17) is 9.37 Å². The van der Waals surface area contributed by atoms with Crippen molar-refractivity contribution in [2.45, 2.75) is 25.8 Å². The lowest BCUT2D eigenvalue weighted by Crippen LogP contribution is -2.30. The van der Waals surface area contributed by atoms with Gasteiger partial charge in [0.05, 0.1) is 24.9 Å². The molecule has 1 aromatic carbocycles. The number of rotatable bonds is 4. The third kappa shape index (κ3) is 2.73. The fourth-order valence-electron chi connectivity index (χ4n) is 3.38. The summed E-state index contributed by atoms with van der Waals surface area (Å²) in [5, 5.41) is 12.2. The van der Waals surface area contributed by atoms with Gasteiger partial charge in [-0.05, 0) is 31.9 Å². The summed E-state index contributed by atoms with van der Waals surface area (Å²) in [5.74, 6) is 0.619. The Morgan fingerprint density at radius 1 is 1.31 bits per heavy atom. The second-order valence-electron chi connectivity index (χ2n) is 6.24. The summed E-state index contributed by atoms with van der Waals surface area (Å²) in [5.41, 5.74) is 2.76. The minimum atomic E-state index is -0.108. The van der Waals surface area contributed by atoms with E-state index >= 15 is 0 Å². The van der Waals surface area contributed by atoms with Gasteiger partial charge in [0.1, 0.15) is 22.8 Å². The second-order valence-corrected chi connectivity index (χ2v) is 6.24. The standard InChI is InChI=1S/C18H19N5O3/c1-12-17(21-26-20-12)15-7-5-9-22(15)18(24)13-10-19-23(11-13)14-6-3-4-8-16(14)25-2/h3-4,6,8,10-11,15H,5,7,9H2,1-2H3/t15-/m0/s1. The topological polar surface area (TPSA) is 86.3 Å². The smallest absolute Gasteiger partial charge is 0.257 e. The highest BCUT2D eigenvalue weighted by Gasteiger charge is 2.34. The molecule has 0 unspecified atom stereocenters. The van der Waals surface area contributed by atoms with Gasteiger partial charge in [0.2, 0.25) is 0 Å². The number of ether oxygens (including phenoxy) is 1. The molecule has 8 nitrogen and oxygen atoms in total. The first-order valence-electron chi connectivity index (χ1n) is 8.47. The molecule has 1 aliphatic rings. The van der Waals surface area contributed by atoms with Gasteiger partial charge in [-0.1, -0.05) is 22.4 Å². The van der Waals surface area contributed by atoms with Crippen LogP contribution in [0.15, 0.2) is 41.3 Å². The zero-order valence-electron chi connectivity index (χ0n) is 14.6. The van der Waals surface area contributed by atoms with E-state index < -0.39 is 0 Å². The normalized spacial score (nSPS) is 16.8. The molecular formula is C18H19N5O3. The molecular weight excluding hydrogens is 334 g/mol. The zero-order valence-corrected chi connectivity index (χ0v) is 14.6. The Morgan fingerprint density at radius 3 is 2.92 bits per heavy atom. The van der Waals surface area contributed by atoms with Gasteiger partial charge < -0.3 is 9.64 Å². The van der Waals surface area contributed by atoms with Crippen LogP contribution in [0.4, 0.5) is 0 Å². The molecule has 0 spiro atoms. The van der Waals surface area contributed by atoms with Gasteiger partial charge in [-0.25, -0.2) is 9.31 Å². The Morgan fingerprint density at radius 2 is 2.15 bits per heavy atom. The third-order valence-electron chi connectivity index (χ3n) is 4.68. The van der Waals surface area contributed by atoms with E-state index in [1.165, 1.54) is 0 Å². The molecule has 1 amide bonds. The van der Waals surface area contributed by atoms with E-state index in [1.54, 1.807) is 24.2 Å². The van der Waals surface area contributed by atoms with Crippen molar-refractivity contribution in [2.75, 3.05) is 13.7 Å². The van der Waals surface area contributed by atoms with Crippen molar-refractivity contribution in [3.63, 3.8) is 0 Å². The van der Waals surface area contributed by atoms with E-state index in [0.29, 0.717) is 17.9 Å². The number of hydrogen-bond acceptors (Lipinski definition) is 6. The van der Waals surface area contributed by atoms with Gasteiger partial charge in [-0.3, -0.25) is 4.79 Å². The van der Waals surface area contributed by atoms with E-state index in [0.717, 1.165) is 29.9 Å². The SMILES string of the molecule is COc1ccccc1-n1cc(C(=O)N2CCC[C@H]2c2nonc2C)cn1. The number of amides is 1. The Balaban J connectivity index is 1.61. The van der Waals surface area contributed by atoms with Gasteiger partial charge in [0, 0.05) is 12.7 Å². The van der Waals surface area contributed by atoms with E-state index in [9.17, 15) is 4.79 Å². The number of likely N-dealkylation sites (tertiary alicyclic amines) is 1. The van der Waals surface area contributed by atoms with Gasteiger partial charge >= 0.3 is 0 Å². The lowest BCUT2D eigenvalue weighted by molar-refractivity contribution is 0.0730. The van der Waals surface area contributed by atoms with Crippen molar-refractivity contribution in [1.82, 2.24) is 25.0 Å². The maximum absolute atomic E-state index is 13.0. The Hall–Kier alpha value is -3.16. The summed E-state index contributed by atoms with van der Waals surface area (Å²) in [4.78, 5) is 14.8. The monoisotopic (exact) mass is 353 g/mol. The molecule has 134 valence electrons. The quantitative estimate of drug-likeness (QED) is 0.716. The van der Waals surface area contributed by atoms with Crippen LogP contribution in [0.3, 0.4) is 0 Å². The fraction of sp³-hybridized carbons (Fsp3) is 0.333. The molecule has 0 aliphatic carbocycles. The largest absolute Gasteiger partial charge is 0.494 e. The lowest BCUT2D eigenvalue weighted by Gasteiger charge is -2.22. The molecule has 4 rings (SSSR count). The number of nitrogens with zero attached hydrogens (tertiary/aromatic N) is 5. The van der Waals surface area contributed by atoms with E-state index in [2.05, 4.69) is 15.4 Å². The van der Waals surface area contributed by atoms with Crippen molar-refractivity contribution >= 4 is 5.91 Å². The van der Waals surface area contributed by atoms with Gasteiger partial charge in [-0.2, -0.15) is 5.10 Å². The van der Waals surface area contributed by atoms with Crippen LogP contribution < -0.4 is 4.74 Å². The van der Waals surface area contributed by atoms with Crippen LogP contribution in [0.25, 0.3) is 5.69 Å². The molecule has 1 fully saturated rings. The van der Waals surface area contributed by atoms with Crippen LogP contribution >= 0.6 is 0 Å². The van der Waals surface area contributed by atoms with Crippen molar-refractivity contribution in [2.24, 2.45) is 0 Å². The van der Waals surface area contributed by atoms with Gasteiger partial charge in [0.15, 0.2) is 0 Å². The predicted molar refractivity (Wildman–Crippen MR) is 92.2 cm³/mol. The molecule has 0 saturated carbocycles. The summed E-state index contributed by atoms with van der Waals surface area (Å²) in [7, 11) is 1.61. The number of carbonyl (C=O) groups is 1. The van der Waals surface area contributed by atoms with E-state index in [-0.39, 0.29) is 11.9 Å². The summed E-state index contributed by atoms with van der Waals surface area (Å²) in [6.45, 7) is 2.52. The molecule has 0 radical (unpaired) electrons. The fourth-order valence-corrected chi connectivity index (χ4v) is 3.38. The van der Waals surface area contributed by atoms with Crippen LogP contribution in [0.1, 0.15) is 40.6 Å². The molecule has 8 heteroatoms. The molecule has 3 aromatic rings. The first-order chi connectivity index (χ1) is 12.7. The summed E-state index contributed by atoms with van der Waals surface area (Å²) in [6.07, 6.45) is 5.08. The number of methoxy groups -OCH3 is 1. The number of benzene rings is 1. The van der Waals surface area contributed by atoms with Crippen molar-refractivity contribution < 1.29 is 14.2 Å². The van der Waals surface area contributed by atoms with Crippen LogP contribution in [-0.4, -0.2) is 44.6 Å². The molecule has 0 bridgehead atoms. The lowest BCUT2D eigenvalue weighted by atomic mass is 10.1. The third-order valence-corrected chi connectivity index (χ3v) is 4.68. The van der Waals surface area contributed by atoms with Crippen molar-refractivity contribution in [3.05, 3.63) is 53.6 Å². The Kier molecular flexibility index (Phi) is 4.16. The Bertz CT molecular complexity index is 932. The molecule has 0 N–H and O–H groups in total. The number of aryl methyl sites for hydroxylation is 1. The van der Waals surface area contributed by atoms with Gasteiger partial charge in [0.25, 0.3) is 5.91 Å². The zero-order chi connectivity index (χ0) is 18.1. The maximum atomic E-state index is 13.0. The molecule has 1 saturated heterocycles. The molecule has 2 aromatic heterocycles. The number of carbonyl (C=O) groups excluding carboxylic acids is 1. The summed E-state index contributed by atoms with van der Waals surface area (Å²) in [6, 6.07) is 7.43. The molecule has 1 aliphatic heterocycles. The van der Waals surface area contributed by atoms with Crippen LogP contribution in [-0.2, 0) is 0 Å². The minimum Gasteiger partial charge on any atom is -0.494 e. The van der Waals surface area contributed by atoms with Gasteiger partial charge in [-0.15, -0.1) is 0 Å². The molecule has 3 heterocycles. The highest BCUT2D eigenvalue weighted by Crippen LogP contribution is 2.33. The van der Waals surface area contributed by atoms with Crippen LogP contribution in [0.5, 0.6) is 5.75 Å². The first kappa shape index (κ1) is 16.3. The predicted octanol–water partition coefficient (Wildman–Crippen LogP) is 2.55. The maximum Gasteiger partial charge on any atom is 0.257 e. The average Bonchev–Trinajstić information content (AvgIpc) is 3.41. The Labute approximate surface area is 150 Å². The minimum absolute atomic E-state index is 0.0731. The molecule has 1 atom stereocenters. The number of aromatic nitrogens is 4. The number of para-hydroxylation sites is 2. The van der Waals surface area contributed by atoms with Crippen LogP contribution in [0, 0.1) is 6.92 Å². The van der Waals surface area contributed by atoms with E-state index in [1.807, 2.05) is 36.1 Å². The van der Waals surface area contributed by atoms with Crippen molar-refractivity contribution in [3.8, 4) is 11.4 Å². The summed E-state index contributed by atoms with van der Waals surface area (Å²) >= 11 is 0. The van der Waals surface area contributed by atoms with Crippen molar-refractivity contribution in [1.29, 1.82) is 0 Å². The van der Waals surface area contributed by atoms with Crippen LogP contribution in [0.2, 0.25) is 0 Å².